The number of imidazole rings is 1. The highest BCUT2D eigenvalue weighted by molar-refractivity contribution is 8.77. The summed E-state index contributed by atoms with van der Waals surface area (Å²) in [6, 6.07) is 0.0736. The number of hydrogen-bond donors (Lipinski definition) is 7. The molecule has 2 saturated heterocycles. The van der Waals surface area contributed by atoms with Gasteiger partial charge in [-0.1, -0.05) is 48.4 Å². The van der Waals surface area contributed by atoms with Crippen LogP contribution in [0.5, 0.6) is 0 Å². The van der Waals surface area contributed by atoms with Crippen molar-refractivity contribution >= 4 is 71.9 Å². The van der Waals surface area contributed by atoms with E-state index in [2.05, 4.69) is 36.4 Å². The van der Waals surface area contributed by atoms with Crippen molar-refractivity contribution in [1.29, 1.82) is 0 Å². The number of anilines is 2. The fraction of sp³-hybridized carbons (Fsp3) is 0.581. The summed E-state index contributed by atoms with van der Waals surface area (Å²) >= 11 is 0. The Balaban J connectivity index is 1.37. The zero-order valence-corrected chi connectivity index (χ0v) is 35.2. The molecule has 28 heteroatoms. The molecular formula is C31H45N9O15P2S2. The minimum absolute atomic E-state index is 0.0169. The van der Waals surface area contributed by atoms with Crippen LogP contribution in [0.1, 0.15) is 52.5 Å². The maximum atomic E-state index is 13.8. The summed E-state index contributed by atoms with van der Waals surface area (Å²) < 4.78 is 59.9. The number of amides is 1. The Bertz CT molecular complexity index is 2140. The number of aromatic nitrogens is 6. The SMILES string of the molecule is C=CCCC(=O)NC(CSSC(C)(C)C)C(=O)O[C@H]1[C@@H](O)[C@H](n2cnc3c(N)ncnc32)O[C@@H]1COP(=O)(O)O[C@H]1C[C@H](n2ccc(N)nc2=O)O[C@@H]1COP(=O)(O)O. The molecule has 0 radical (unpaired) electrons. The van der Waals surface area contributed by atoms with Crippen LogP contribution in [0.3, 0.4) is 0 Å². The number of nitrogens with two attached hydrogens (primary N) is 2. The first-order valence-electron chi connectivity index (χ1n) is 17.7. The number of aliphatic hydroxyl groups is 1. The van der Waals surface area contributed by atoms with Gasteiger partial charge in [0.1, 0.15) is 54.3 Å². The van der Waals surface area contributed by atoms with E-state index >= 15 is 0 Å². The Kier molecular flexibility index (Phi) is 15.4. The monoisotopic (exact) mass is 909 g/mol. The minimum atomic E-state index is -5.20. The molecule has 0 spiro atoms. The number of carbonyl (C=O) groups excluding carboxylic acids is 2. The van der Waals surface area contributed by atoms with Gasteiger partial charge in [-0.25, -0.2) is 33.7 Å². The minimum Gasteiger partial charge on any atom is -0.455 e. The molecule has 0 saturated carbocycles. The van der Waals surface area contributed by atoms with Gasteiger partial charge < -0.3 is 50.8 Å². The third kappa shape index (κ3) is 12.8. The summed E-state index contributed by atoms with van der Waals surface area (Å²) in [5, 5.41) is 14.3. The summed E-state index contributed by atoms with van der Waals surface area (Å²) in [4.78, 5) is 84.4. The van der Waals surface area contributed by atoms with Gasteiger partial charge in [0.05, 0.1) is 19.5 Å². The molecule has 2 unspecified atom stereocenters. The first kappa shape index (κ1) is 46.6. The summed E-state index contributed by atoms with van der Waals surface area (Å²) in [5.41, 5.74) is 10.9. The maximum absolute atomic E-state index is 13.8. The number of rotatable bonds is 19. The van der Waals surface area contributed by atoms with E-state index in [4.69, 9.17) is 34.7 Å². The van der Waals surface area contributed by atoms with E-state index in [0.717, 1.165) is 10.9 Å². The molecule has 2 aliphatic heterocycles. The normalized spacial score (nSPS) is 25.1. The molecule has 9 N–H and O–H groups in total. The van der Waals surface area contributed by atoms with Crippen LogP contribution in [-0.4, -0.2) is 121 Å². The number of nitrogens with zero attached hydrogens (tertiary/aromatic N) is 6. The number of fused-ring (bicyclic) bond motifs is 1. The number of phosphoric acid groups is 2. The molecule has 59 heavy (non-hydrogen) atoms. The van der Waals surface area contributed by atoms with Gasteiger partial charge in [0.15, 0.2) is 23.8 Å². The third-order valence-corrected chi connectivity index (χ3v) is 13.2. The second-order valence-electron chi connectivity index (χ2n) is 14.1. The van der Waals surface area contributed by atoms with Crippen LogP contribution in [0, 0.1) is 0 Å². The van der Waals surface area contributed by atoms with Gasteiger partial charge in [0.25, 0.3) is 0 Å². The Morgan fingerprint density at radius 2 is 1.85 bits per heavy atom. The molecule has 9 atom stereocenters. The third-order valence-electron chi connectivity index (χ3n) is 8.38. The summed E-state index contributed by atoms with van der Waals surface area (Å²) in [6.45, 7) is 7.79. The van der Waals surface area contributed by atoms with E-state index in [0.29, 0.717) is 6.42 Å². The smallest absolute Gasteiger partial charge is 0.455 e. The van der Waals surface area contributed by atoms with Crippen LogP contribution in [0.25, 0.3) is 11.2 Å². The highest BCUT2D eigenvalue weighted by Crippen LogP contribution is 2.50. The van der Waals surface area contributed by atoms with E-state index in [9.17, 15) is 43.3 Å². The van der Waals surface area contributed by atoms with Crippen molar-refractivity contribution in [2.24, 2.45) is 0 Å². The Hall–Kier alpha value is -3.49. The van der Waals surface area contributed by atoms with Crippen LogP contribution in [0.15, 0.2) is 42.4 Å². The molecule has 5 rings (SSSR count). The number of esters is 1. The van der Waals surface area contributed by atoms with E-state index < -0.39 is 95.4 Å². The molecule has 1 amide bonds. The van der Waals surface area contributed by atoms with Gasteiger partial charge in [0.2, 0.25) is 5.91 Å². The van der Waals surface area contributed by atoms with E-state index in [1.807, 2.05) is 20.8 Å². The lowest BCUT2D eigenvalue weighted by Gasteiger charge is -2.26. The first-order valence-corrected chi connectivity index (χ1v) is 23.0. The van der Waals surface area contributed by atoms with Crippen LogP contribution in [0.4, 0.5) is 11.6 Å². The van der Waals surface area contributed by atoms with Gasteiger partial charge in [0, 0.05) is 29.5 Å². The van der Waals surface area contributed by atoms with Crippen molar-refractivity contribution in [3.8, 4) is 0 Å². The zero-order chi connectivity index (χ0) is 43.3. The lowest BCUT2D eigenvalue weighted by Crippen LogP contribution is -2.47. The molecule has 326 valence electrons. The summed E-state index contributed by atoms with van der Waals surface area (Å²) in [6.07, 6.45) is -5.09. The lowest BCUT2D eigenvalue weighted by molar-refractivity contribution is -0.159. The van der Waals surface area contributed by atoms with E-state index in [1.54, 1.807) is 6.08 Å². The summed E-state index contributed by atoms with van der Waals surface area (Å²) in [5.74, 6) is -1.44. The second-order valence-corrected chi connectivity index (χ2v) is 19.9. The van der Waals surface area contributed by atoms with Gasteiger partial charge >= 0.3 is 27.3 Å². The van der Waals surface area contributed by atoms with Crippen molar-refractivity contribution in [3.63, 3.8) is 0 Å². The fourth-order valence-electron chi connectivity index (χ4n) is 5.77. The molecule has 3 aromatic heterocycles. The number of carbonyl (C=O) groups is 2. The van der Waals surface area contributed by atoms with Crippen LogP contribution in [0.2, 0.25) is 0 Å². The molecule has 0 bridgehead atoms. The number of aliphatic hydroxyl groups excluding tert-OH is 1. The second kappa shape index (κ2) is 19.5. The number of allylic oxidation sites excluding steroid dienone is 1. The van der Waals surface area contributed by atoms with Crippen LogP contribution in [-0.2, 0) is 46.5 Å². The number of nitrogen functional groups attached to an aromatic ring is 2. The predicted octanol–water partition coefficient (Wildman–Crippen LogP) is 0.948. The number of hydrogen-bond acceptors (Lipinski definition) is 20. The molecule has 5 heterocycles. The Morgan fingerprint density at radius 1 is 1.12 bits per heavy atom. The molecule has 0 aromatic carbocycles. The van der Waals surface area contributed by atoms with Crippen molar-refractivity contribution in [2.75, 3.05) is 30.4 Å². The average molecular weight is 910 g/mol. The van der Waals surface area contributed by atoms with E-state index in [1.165, 1.54) is 44.7 Å². The van der Waals surface area contributed by atoms with Gasteiger partial charge in [-0.05, 0) is 12.5 Å². The lowest BCUT2D eigenvalue weighted by atomic mass is 10.1. The topological polar surface area (TPSA) is 347 Å². The van der Waals surface area contributed by atoms with E-state index in [-0.39, 0.29) is 46.1 Å². The van der Waals surface area contributed by atoms with Crippen LogP contribution < -0.4 is 22.5 Å². The van der Waals surface area contributed by atoms with Crippen molar-refractivity contribution in [1.82, 2.24) is 34.4 Å². The van der Waals surface area contributed by atoms with Gasteiger partial charge in [-0.15, -0.1) is 6.58 Å². The van der Waals surface area contributed by atoms with Crippen molar-refractivity contribution in [2.45, 2.75) is 93.8 Å². The maximum Gasteiger partial charge on any atom is 0.472 e. The molecule has 3 aromatic rings. The summed E-state index contributed by atoms with van der Waals surface area (Å²) in [7, 11) is -7.50. The molecule has 24 nitrogen and oxygen atoms in total. The molecule has 2 aliphatic rings. The predicted molar refractivity (Wildman–Crippen MR) is 211 cm³/mol. The van der Waals surface area contributed by atoms with Gasteiger partial charge in [-0.3, -0.25) is 27.5 Å². The number of ether oxygens (including phenoxy) is 3. The fourth-order valence-corrected chi connectivity index (χ4v) is 9.52. The number of nitrogens with one attached hydrogen (secondary N) is 1. The molecular weight excluding hydrogens is 864 g/mol. The molecule has 0 aliphatic carbocycles. The average Bonchev–Trinajstić information content (AvgIpc) is 3.83. The highest BCUT2D eigenvalue weighted by Gasteiger charge is 2.50. The zero-order valence-electron chi connectivity index (χ0n) is 31.8. The Labute approximate surface area is 344 Å². The van der Waals surface area contributed by atoms with Crippen molar-refractivity contribution in [3.05, 3.63) is 48.1 Å². The number of phosphoric ester groups is 2. The van der Waals surface area contributed by atoms with Crippen LogP contribution >= 0.6 is 37.2 Å². The molecule has 2 fully saturated rings. The van der Waals surface area contributed by atoms with Crippen molar-refractivity contribution < 1.29 is 66.3 Å². The highest BCUT2D eigenvalue weighted by atomic mass is 33.1. The quantitative estimate of drug-likeness (QED) is 0.0381. The van der Waals surface area contributed by atoms with Gasteiger partial charge in [-0.2, -0.15) is 4.98 Å². The Morgan fingerprint density at radius 3 is 2.53 bits per heavy atom. The standard InChI is InChI=1S/C31H45N9O15P2S2/c1-5-6-7-21(41)37-16(13-58-59-31(2,3)4)29(43)54-25-19(53-28(24(25)42)40-15-36-23-26(33)34-14-35-27(23)40)12-51-57(48,49)55-17-10-22(39-9-8-20(32)38-30(39)44)52-18(17)11-50-56(45,46)47/h5,8-9,14-19,22,24-25,28,42H,1,6-7,10-13H2,2-4H3,(H,37,41)(H,48,49)(H2,32,38,44)(H2,33,34,35)(H2,45,46,47)/t16?,17-,18+,19+,22+,24+,25+,28+/m0/s1. The first-order chi connectivity index (χ1) is 27.6. The largest absolute Gasteiger partial charge is 0.472 e.